The lowest BCUT2D eigenvalue weighted by Gasteiger charge is -2.16. The minimum absolute atomic E-state index is 0.148. The van der Waals surface area contributed by atoms with Crippen molar-refractivity contribution >= 4 is 11.9 Å². The maximum Gasteiger partial charge on any atom is 0.307 e. The number of amides is 1. The Morgan fingerprint density at radius 2 is 1.92 bits per heavy atom. The van der Waals surface area contributed by atoms with Gasteiger partial charge in [0.2, 0.25) is 5.91 Å². The molecule has 0 aliphatic rings. The number of hydrogen-bond donors (Lipinski definition) is 3. The summed E-state index contributed by atoms with van der Waals surface area (Å²) in [6.45, 7) is 3.49. The van der Waals surface area contributed by atoms with Crippen molar-refractivity contribution in [2.75, 3.05) is 13.6 Å². The van der Waals surface area contributed by atoms with E-state index in [2.05, 4.69) is 10.6 Å². The molecule has 0 aromatic carbocycles. The van der Waals surface area contributed by atoms with Crippen molar-refractivity contribution < 1.29 is 14.7 Å². The van der Waals surface area contributed by atoms with Gasteiger partial charge in [0.1, 0.15) is 0 Å². The van der Waals surface area contributed by atoms with Crippen LogP contribution in [0.25, 0.3) is 0 Å². The number of carbonyl (C=O) groups excluding carboxylic acids is 1. The summed E-state index contributed by atoms with van der Waals surface area (Å²) in [6.07, 6.45) is 0. The molecule has 5 heteroatoms. The Balaban J connectivity index is 3.80. The summed E-state index contributed by atoms with van der Waals surface area (Å²) >= 11 is 0. The number of aliphatic carboxylic acids is 1. The van der Waals surface area contributed by atoms with Gasteiger partial charge in [0.05, 0.1) is 12.5 Å². The van der Waals surface area contributed by atoms with Crippen LogP contribution in [0.2, 0.25) is 0 Å². The van der Waals surface area contributed by atoms with Crippen LogP contribution in [-0.4, -0.2) is 36.6 Å². The minimum atomic E-state index is -0.864. The van der Waals surface area contributed by atoms with Crippen molar-refractivity contribution in [3.8, 4) is 0 Å². The predicted octanol–water partition coefficient (Wildman–Crippen LogP) is -0.569. The highest BCUT2D eigenvalue weighted by Gasteiger charge is 2.18. The van der Waals surface area contributed by atoms with Crippen molar-refractivity contribution in [3.63, 3.8) is 0 Å². The fourth-order valence-corrected chi connectivity index (χ4v) is 0.733. The third-order valence-electron chi connectivity index (χ3n) is 2.00. The number of nitrogens with one attached hydrogen (secondary N) is 2. The summed E-state index contributed by atoms with van der Waals surface area (Å²) in [5, 5.41) is 13.9. The van der Waals surface area contributed by atoms with E-state index in [-0.39, 0.29) is 18.5 Å². The fraction of sp³-hybridized carbons (Fsp3) is 0.750. The zero-order valence-electron chi connectivity index (χ0n) is 8.13. The highest BCUT2D eigenvalue weighted by atomic mass is 16.4. The van der Waals surface area contributed by atoms with E-state index in [1.807, 2.05) is 0 Å². The highest BCUT2D eigenvalue weighted by molar-refractivity contribution is 5.77. The molecular weight excluding hydrogens is 172 g/mol. The Morgan fingerprint density at radius 1 is 1.38 bits per heavy atom. The van der Waals surface area contributed by atoms with Gasteiger partial charge in [0, 0.05) is 13.1 Å². The van der Waals surface area contributed by atoms with Gasteiger partial charge >= 0.3 is 5.97 Å². The monoisotopic (exact) mass is 188 g/mol. The summed E-state index contributed by atoms with van der Waals surface area (Å²) in [7, 11) is 1.54. The second-order valence-corrected chi connectivity index (χ2v) is 2.97. The second kappa shape index (κ2) is 5.53. The minimum Gasteiger partial charge on any atom is -0.481 e. The summed E-state index contributed by atoms with van der Waals surface area (Å²) in [5.74, 6) is -1.51. The van der Waals surface area contributed by atoms with E-state index < -0.39 is 11.9 Å². The zero-order valence-corrected chi connectivity index (χ0v) is 8.13. The first kappa shape index (κ1) is 11.9. The van der Waals surface area contributed by atoms with E-state index in [1.165, 1.54) is 7.05 Å². The van der Waals surface area contributed by atoms with Crippen LogP contribution in [0.5, 0.6) is 0 Å². The van der Waals surface area contributed by atoms with Crippen molar-refractivity contribution in [1.82, 2.24) is 10.6 Å². The molecule has 0 bridgehead atoms. The Hall–Kier alpha value is -1.10. The molecule has 0 fully saturated rings. The van der Waals surface area contributed by atoms with E-state index in [0.717, 1.165) is 0 Å². The molecule has 2 atom stereocenters. The largest absolute Gasteiger partial charge is 0.481 e. The van der Waals surface area contributed by atoms with Crippen LogP contribution in [0, 0.1) is 5.92 Å². The van der Waals surface area contributed by atoms with Crippen molar-refractivity contribution in [1.29, 1.82) is 0 Å². The van der Waals surface area contributed by atoms with Crippen LogP contribution in [-0.2, 0) is 9.59 Å². The standard InChI is InChI=1S/C8H16N2O3/c1-5(8(12)13)6(2)10-4-7(11)9-3/h5-6,10H,4H2,1-3H3,(H,9,11)(H,12,13). The van der Waals surface area contributed by atoms with Gasteiger partial charge in [-0.05, 0) is 6.92 Å². The average molecular weight is 188 g/mol. The summed E-state index contributed by atoms with van der Waals surface area (Å²) < 4.78 is 0. The van der Waals surface area contributed by atoms with Crippen LogP contribution in [0.3, 0.4) is 0 Å². The first-order chi connectivity index (χ1) is 5.99. The lowest BCUT2D eigenvalue weighted by molar-refractivity contribution is -0.142. The van der Waals surface area contributed by atoms with Crippen LogP contribution in [0.4, 0.5) is 0 Å². The van der Waals surface area contributed by atoms with E-state index >= 15 is 0 Å². The molecule has 0 aromatic heterocycles. The maximum absolute atomic E-state index is 10.8. The molecule has 0 aromatic rings. The number of carboxylic acids is 1. The van der Waals surface area contributed by atoms with Gasteiger partial charge in [0.15, 0.2) is 0 Å². The van der Waals surface area contributed by atoms with E-state index in [9.17, 15) is 9.59 Å². The fourth-order valence-electron chi connectivity index (χ4n) is 0.733. The molecule has 13 heavy (non-hydrogen) atoms. The van der Waals surface area contributed by atoms with Crippen molar-refractivity contribution in [3.05, 3.63) is 0 Å². The van der Waals surface area contributed by atoms with Crippen molar-refractivity contribution in [2.45, 2.75) is 19.9 Å². The molecule has 0 saturated carbocycles. The molecular formula is C8H16N2O3. The van der Waals surface area contributed by atoms with Gasteiger partial charge in [-0.3, -0.25) is 9.59 Å². The molecule has 5 nitrogen and oxygen atoms in total. The molecule has 2 unspecified atom stereocenters. The van der Waals surface area contributed by atoms with E-state index in [4.69, 9.17) is 5.11 Å². The number of rotatable bonds is 5. The summed E-state index contributed by atoms with van der Waals surface area (Å²) in [6, 6.07) is -0.213. The Kier molecular flexibility index (Phi) is 5.06. The summed E-state index contributed by atoms with van der Waals surface area (Å²) in [4.78, 5) is 21.3. The SMILES string of the molecule is CNC(=O)CNC(C)C(C)C(=O)O. The van der Waals surface area contributed by atoms with Gasteiger partial charge in [-0.15, -0.1) is 0 Å². The Labute approximate surface area is 77.5 Å². The molecule has 0 spiro atoms. The van der Waals surface area contributed by atoms with Crippen LogP contribution >= 0.6 is 0 Å². The Bertz CT molecular complexity index is 194. The number of carboxylic acid groups (broad SMARTS) is 1. The van der Waals surface area contributed by atoms with Gasteiger partial charge in [-0.25, -0.2) is 0 Å². The van der Waals surface area contributed by atoms with Crippen molar-refractivity contribution in [2.24, 2.45) is 5.92 Å². The second-order valence-electron chi connectivity index (χ2n) is 2.97. The molecule has 1 amide bonds. The molecule has 0 aliphatic carbocycles. The quantitative estimate of drug-likeness (QED) is 0.540. The van der Waals surface area contributed by atoms with E-state index in [0.29, 0.717) is 0 Å². The first-order valence-electron chi connectivity index (χ1n) is 4.15. The number of hydrogen-bond acceptors (Lipinski definition) is 3. The summed E-state index contributed by atoms with van der Waals surface area (Å²) in [5.41, 5.74) is 0. The molecule has 0 aliphatic heterocycles. The zero-order chi connectivity index (χ0) is 10.4. The lowest BCUT2D eigenvalue weighted by atomic mass is 10.0. The molecule has 0 saturated heterocycles. The topological polar surface area (TPSA) is 78.4 Å². The number of carbonyl (C=O) groups is 2. The Morgan fingerprint density at radius 3 is 2.31 bits per heavy atom. The third-order valence-corrected chi connectivity index (χ3v) is 2.00. The molecule has 0 rings (SSSR count). The number of likely N-dealkylation sites (N-methyl/N-ethyl adjacent to an activating group) is 1. The van der Waals surface area contributed by atoms with Crippen LogP contribution < -0.4 is 10.6 Å². The third kappa shape index (κ3) is 4.47. The van der Waals surface area contributed by atoms with Gasteiger partial charge in [-0.1, -0.05) is 6.92 Å². The molecule has 76 valence electrons. The molecule has 0 heterocycles. The van der Waals surface area contributed by atoms with E-state index in [1.54, 1.807) is 13.8 Å². The molecule has 0 radical (unpaired) electrons. The first-order valence-corrected chi connectivity index (χ1v) is 4.15. The maximum atomic E-state index is 10.8. The predicted molar refractivity (Wildman–Crippen MR) is 48.3 cm³/mol. The smallest absolute Gasteiger partial charge is 0.307 e. The van der Waals surface area contributed by atoms with Crippen LogP contribution in [0.1, 0.15) is 13.8 Å². The lowest BCUT2D eigenvalue weighted by Crippen LogP contribution is -2.41. The van der Waals surface area contributed by atoms with Gasteiger partial charge < -0.3 is 15.7 Å². The van der Waals surface area contributed by atoms with Gasteiger partial charge in [0.25, 0.3) is 0 Å². The van der Waals surface area contributed by atoms with Gasteiger partial charge in [-0.2, -0.15) is 0 Å². The average Bonchev–Trinajstić information content (AvgIpc) is 2.11. The molecule has 3 N–H and O–H groups in total. The normalized spacial score (nSPS) is 14.7. The highest BCUT2D eigenvalue weighted by Crippen LogP contribution is 2.01. The van der Waals surface area contributed by atoms with Crippen LogP contribution in [0.15, 0.2) is 0 Å².